The van der Waals surface area contributed by atoms with Gasteiger partial charge in [0, 0.05) is 31.5 Å². The molecule has 2 aromatic rings. The molecule has 0 aliphatic carbocycles. The topological polar surface area (TPSA) is 46.6 Å². The first-order chi connectivity index (χ1) is 9.15. The van der Waals surface area contributed by atoms with Gasteiger partial charge in [-0.15, -0.1) is 0 Å². The highest BCUT2D eigenvalue weighted by Gasteiger charge is 2.34. The number of fused-ring (bicyclic) bond motifs is 1. The molecule has 1 fully saturated rings. The van der Waals surface area contributed by atoms with Gasteiger partial charge in [-0.25, -0.2) is 4.98 Å². The summed E-state index contributed by atoms with van der Waals surface area (Å²) in [5.74, 6) is 0.657. The van der Waals surface area contributed by atoms with Crippen LogP contribution < -0.4 is 5.73 Å². The van der Waals surface area contributed by atoms with Crippen LogP contribution in [-0.4, -0.2) is 33.4 Å². The monoisotopic (exact) mass is 258 g/mol. The van der Waals surface area contributed by atoms with Gasteiger partial charge in [0.25, 0.3) is 0 Å². The zero-order valence-electron chi connectivity index (χ0n) is 11.7. The number of likely N-dealkylation sites (tertiary alicyclic amines) is 1. The summed E-state index contributed by atoms with van der Waals surface area (Å²) in [7, 11) is 0. The SMILES string of the molecule is CC(C)CN1CCC(N)C1c1cn2ccccc2n1. The van der Waals surface area contributed by atoms with Crippen LogP contribution in [0.25, 0.3) is 5.65 Å². The second-order valence-electron chi connectivity index (χ2n) is 5.92. The van der Waals surface area contributed by atoms with Crippen LogP contribution in [0.1, 0.15) is 32.0 Å². The molecule has 0 radical (unpaired) electrons. The van der Waals surface area contributed by atoms with Crippen molar-refractivity contribution in [1.82, 2.24) is 14.3 Å². The van der Waals surface area contributed by atoms with E-state index in [0.717, 1.165) is 30.9 Å². The Kier molecular flexibility index (Phi) is 3.29. The minimum Gasteiger partial charge on any atom is -0.326 e. The average molecular weight is 258 g/mol. The van der Waals surface area contributed by atoms with Crippen LogP contribution in [0.5, 0.6) is 0 Å². The van der Waals surface area contributed by atoms with Crippen LogP contribution in [0.2, 0.25) is 0 Å². The van der Waals surface area contributed by atoms with E-state index in [1.54, 1.807) is 0 Å². The molecule has 2 unspecified atom stereocenters. The zero-order valence-corrected chi connectivity index (χ0v) is 11.7. The highest BCUT2D eigenvalue weighted by atomic mass is 15.2. The van der Waals surface area contributed by atoms with Gasteiger partial charge in [-0.1, -0.05) is 19.9 Å². The van der Waals surface area contributed by atoms with Crippen LogP contribution >= 0.6 is 0 Å². The maximum atomic E-state index is 6.31. The molecule has 0 amide bonds. The first kappa shape index (κ1) is 12.6. The fourth-order valence-corrected chi connectivity index (χ4v) is 3.06. The summed E-state index contributed by atoms with van der Waals surface area (Å²) in [5, 5.41) is 0. The van der Waals surface area contributed by atoms with Crippen molar-refractivity contribution in [2.24, 2.45) is 11.7 Å². The largest absolute Gasteiger partial charge is 0.326 e. The maximum absolute atomic E-state index is 6.31. The first-order valence-electron chi connectivity index (χ1n) is 7.08. The van der Waals surface area contributed by atoms with Gasteiger partial charge in [0.05, 0.1) is 11.7 Å². The van der Waals surface area contributed by atoms with E-state index in [1.807, 2.05) is 24.4 Å². The summed E-state index contributed by atoms with van der Waals surface area (Å²) in [6.45, 7) is 6.68. The highest BCUT2D eigenvalue weighted by molar-refractivity contribution is 5.40. The van der Waals surface area contributed by atoms with Crippen LogP contribution in [0.4, 0.5) is 0 Å². The van der Waals surface area contributed by atoms with Crippen LogP contribution in [0.3, 0.4) is 0 Å². The van der Waals surface area contributed by atoms with E-state index in [-0.39, 0.29) is 12.1 Å². The van der Waals surface area contributed by atoms with Crippen molar-refractivity contribution in [2.75, 3.05) is 13.1 Å². The molecule has 1 saturated heterocycles. The Morgan fingerprint density at radius 2 is 2.26 bits per heavy atom. The average Bonchev–Trinajstić information content (AvgIpc) is 2.92. The molecule has 0 saturated carbocycles. The molecule has 2 N–H and O–H groups in total. The van der Waals surface area contributed by atoms with Crippen LogP contribution in [0, 0.1) is 5.92 Å². The summed E-state index contributed by atoms with van der Waals surface area (Å²) in [5.41, 5.74) is 8.42. The second kappa shape index (κ2) is 4.94. The van der Waals surface area contributed by atoms with Gasteiger partial charge in [0.2, 0.25) is 0 Å². The van der Waals surface area contributed by atoms with E-state index in [0.29, 0.717) is 5.92 Å². The maximum Gasteiger partial charge on any atom is 0.137 e. The molecule has 2 atom stereocenters. The van der Waals surface area contributed by atoms with Crippen molar-refractivity contribution < 1.29 is 0 Å². The van der Waals surface area contributed by atoms with Gasteiger partial charge < -0.3 is 10.1 Å². The Bertz CT molecular complexity index is 527. The van der Waals surface area contributed by atoms with E-state index in [4.69, 9.17) is 10.7 Å². The molecule has 3 heterocycles. The Morgan fingerprint density at radius 3 is 3.00 bits per heavy atom. The molecule has 1 aliphatic heterocycles. The number of hydrogen-bond acceptors (Lipinski definition) is 3. The minimum atomic E-state index is 0.198. The smallest absolute Gasteiger partial charge is 0.137 e. The van der Waals surface area contributed by atoms with Gasteiger partial charge in [0.1, 0.15) is 5.65 Å². The van der Waals surface area contributed by atoms with Gasteiger partial charge in [-0.3, -0.25) is 4.90 Å². The Morgan fingerprint density at radius 1 is 1.42 bits per heavy atom. The molecule has 2 aromatic heterocycles. The van der Waals surface area contributed by atoms with Gasteiger partial charge in [-0.2, -0.15) is 0 Å². The molecule has 0 spiro atoms. The van der Waals surface area contributed by atoms with Gasteiger partial charge in [-0.05, 0) is 24.5 Å². The fraction of sp³-hybridized carbons (Fsp3) is 0.533. The summed E-state index contributed by atoms with van der Waals surface area (Å²) < 4.78 is 2.08. The standard InChI is InChI=1S/C15H22N4/c1-11(2)9-19-8-6-12(16)15(19)13-10-18-7-4-3-5-14(18)17-13/h3-5,7,10-12,15H,6,8-9,16H2,1-2H3. The van der Waals surface area contributed by atoms with E-state index in [1.165, 1.54) is 0 Å². The van der Waals surface area contributed by atoms with E-state index < -0.39 is 0 Å². The molecule has 3 rings (SSSR count). The molecule has 4 nitrogen and oxygen atoms in total. The number of rotatable bonds is 3. The van der Waals surface area contributed by atoms with E-state index in [2.05, 4.69) is 29.3 Å². The van der Waals surface area contributed by atoms with Crippen molar-refractivity contribution in [3.05, 3.63) is 36.3 Å². The molecule has 102 valence electrons. The third-order valence-electron chi connectivity index (χ3n) is 3.83. The fourth-order valence-electron chi connectivity index (χ4n) is 3.06. The number of hydrogen-bond donors (Lipinski definition) is 1. The molecule has 19 heavy (non-hydrogen) atoms. The lowest BCUT2D eigenvalue weighted by atomic mass is 10.1. The Balaban J connectivity index is 1.93. The van der Waals surface area contributed by atoms with Crippen molar-refractivity contribution in [1.29, 1.82) is 0 Å². The zero-order chi connectivity index (χ0) is 13.4. The van der Waals surface area contributed by atoms with Crippen molar-refractivity contribution in [2.45, 2.75) is 32.4 Å². The lowest BCUT2D eigenvalue weighted by Crippen LogP contribution is -2.34. The van der Waals surface area contributed by atoms with Crippen LogP contribution in [0.15, 0.2) is 30.6 Å². The number of nitrogens with two attached hydrogens (primary N) is 1. The second-order valence-corrected chi connectivity index (χ2v) is 5.92. The highest BCUT2D eigenvalue weighted by Crippen LogP contribution is 2.31. The van der Waals surface area contributed by atoms with Crippen molar-refractivity contribution in [3.63, 3.8) is 0 Å². The summed E-state index contributed by atoms with van der Waals surface area (Å²) in [6.07, 6.45) is 5.23. The van der Waals surface area contributed by atoms with Crippen LogP contribution in [-0.2, 0) is 0 Å². The molecule has 1 aliphatic rings. The number of aromatic nitrogens is 2. The quantitative estimate of drug-likeness (QED) is 0.916. The summed E-state index contributed by atoms with van der Waals surface area (Å²) in [6, 6.07) is 6.55. The lowest BCUT2D eigenvalue weighted by molar-refractivity contribution is 0.218. The first-order valence-corrected chi connectivity index (χ1v) is 7.08. The van der Waals surface area contributed by atoms with Gasteiger partial charge >= 0.3 is 0 Å². The number of imidazole rings is 1. The molecule has 4 heteroatoms. The molecular formula is C15H22N4. The predicted molar refractivity (Wildman–Crippen MR) is 76.9 cm³/mol. The van der Waals surface area contributed by atoms with E-state index in [9.17, 15) is 0 Å². The Labute approximate surface area is 114 Å². The number of nitrogens with zero attached hydrogens (tertiary/aromatic N) is 3. The lowest BCUT2D eigenvalue weighted by Gasteiger charge is -2.26. The number of pyridine rings is 1. The molecular weight excluding hydrogens is 236 g/mol. The van der Waals surface area contributed by atoms with Crippen molar-refractivity contribution in [3.8, 4) is 0 Å². The molecule has 0 bridgehead atoms. The van der Waals surface area contributed by atoms with Crippen molar-refractivity contribution >= 4 is 5.65 Å². The Hall–Kier alpha value is -1.39. The van der Waals surface area contributed by atoms with Gasteiger partial charge in [0.15, 0.2) is 0 Å². The normalized spacial score (nSPS) is 24.6. The summed E-state index contributed by atoms with van der Waals surface area (Å²) in [4.78, 5) is 7.23. The third kappa shape index (κ3) is 2.38. The predicted octanol–water partition coefficient (Wildman–Crippen LogP) is 2.06. The minimum absolute atomic E-state index is 0.198. The summed E-state index contributed by atoms with van der Waals surface area (Å²) >= 11 is 0. The molecule has 0 aromatic carbocycles. The third-order valence-corrected chi connectivity index (χ3v) is 3.83. The van der Waals surface area contributed by atoms with E-state index >= 15 is 0 Å².